The molecule has 0 spiro atoms. The number of ether oxygens (including phenoxy) is 2. The second-order valence-corrected chi connectivity index (χ2v) is 8.68. The monoisotopic (exact) mass is 398 g/mol. The molecule has 0 bridgehead atoms. The lowest BCUT2D eigenvalue weighted by molar-refractivity contribution is -0.156. The number of aliphatic hydroxyl groups excluding tert-OH is 1. The van der Waals surface area contributed by atoms with Crippen LogP contribution in [0, 0.1) is 0 Å². The van der Waals surface area contributed by atoms with E-state index in [1.165, 1.54) is 4.90 Å². The summed E-state index contributed by atoms with van der Waals surface area (Å²) >= 11 is 0. The van der Waals surface area contributed by atoms with E-state index in [2.05, 4.69) is 5.32 Å². The van der Waals surface area contributed by atoms with Crippen LogP contribution in [0.5, 0.6) is 0 Å². The minimum absolute atomic E-state index is 0.227. The van der Waals surface area contributed by atoms with Gasteiger partial charge in [0.1, 0.15) is 17.7 Å². The molecular weight excluding hydrogens is 364 g/mol. The summed E-state index contributed by atoms with van der Waals surface area (Å²) in [5.74, 6) is -0.715. The molecule has 2 aliphatic heterocycles. The van der Waals surface area contributed by atoms with E-state index in [9.17, 15) is 19.5 Å². The normalized spacial score (nSPS) is 28.2. The summed E-state index contributed by atoms with van der Waals surface area (Å²) < 4.78 is 10.6. The van der Waals surface area contributed by atoms with Crippen LogP contribution >= 0.6 is 0 Å². The highest BCUT2D eigenvalue weighted by atomic mass is 16.6. The third kappa shape index (κ3) is 6.09. The van der Waals surface area contributed by atoms with Crippen molar-refractivity contribution >= 4 is 18.0 Å². The number of nitrogens with one attached hydrogen (secondary N) is 1. The maximum atomic E-state index is 13.2. The van der Waals surface area contributed by atoms with E-state index in [-0.39, 0.29) is 11.9 Å². The van der Waals surface area contributed by atoms with Gasteiger partial charge in [0.15, 0.2) is 0 Å². The van der Waals surface area contributed by atoms with Crippen LogP contribution in [0.1, 0.15) is 72.6 Å². The first-order valence-corrected chi connectivity index (χ1v) is 10.3. The maximum absolute atomic E-state index is 13.2. The van der Waals surface area contributed by atoms with E-state index < -0.39 is 35.9 Å². The molecular formula is C20H34N2O6. The number of nitrogens with zero attached hydrogens (tertiary/aromatic N) is 1. The molecule has 0 aromatic rings. The van der Waals surface area contributed by atoms with Gasteiger partial charge in [-0.25, -0.2) is 9.59 Å². The van der Waals surface area contributed by atoms with Crippen LogP contribution in [0.15, 0.2) is 0 Å². The Morgan fingerprint density at radius 2 is 1.93 bits per heavy atom. The van der Waals surface area contributed by atoms with Gasteiger partial charge in [0, 0.05) is 6.04 Å². The van der Waals surface area contributed by atoms with Gasteiger partial charge in [-0.15, -0.1) is 0 Å². The quantitative estimate of drug-likeness (QED) is 0.543. The summed E-state index contributed by atoms with van der Waals surface area (Å²) in [6, 6.07) is -1.73. The van der Waals surface area contributed by atoms with Crippen LogP contribution in [-0.2, 0) is 19.1 Å². The maximum Gasteiger partial charge on any atom is 0.408 e. The summed E-state index contributed by atoms with van der Waals surface area (Å²) in [6.07, 6.45) is 2.70. The van der Waals surface area contributed by atoms with Crippen molar-refractivity contribution in [3.05, 3.63) is 0 Å². The summed E-state index contributed by atoms with van der Waals surface area (Å²) in [4.78, 5) is 39.4. The molecule has 2 amide bonds. The molecule has 2 fully saturated rings. The van der Waals surface area contributed by atoms with E-state index in [1.54, 1.807) is 20.8 Å². The van der Waals surface area contributed by atoms with Gasteiger partial charge in [-0.05, 0) is 59.3 Å². The van der Waals surface area contributed by atoms with Crippen molar-refractivity contribution < 1.29 is 29.0 Å². The number of carbonyl (C=O) groups excluding carboxylic acids is 3. The van der Waals surface area contributed by atoms with Crippen molar-refractivity contribution in [1.29, 1.82) is 0 Å². The first-order valence-electron chi connectivity index (χ1n) is 10.3. The van der Waals surface area contributed by atoms with Gasteiger partial charge in [-0.1, -0.05) is 13.3 Å². The third-order valence-electron chi connectivity index (χ3n) is 5.09. The van der Waals surface area contributed by atoms with Crippen molar-refractivity contribution in [1.82, 2.24) is 10.2 Å². The number of hydrogen-bond donors (Lipinski definition) is 2. The molecule has 2 saturated heterocycles. The molecule has 2 heterocycles. The summed E-state index contributed by atoms with van der Waals surface area (Å²) in [5, 5.41) is 12.9. The number of rotatable bonds is 5. The highest BCUT2D eigenvalue weighted by Crippen LogP contribution is 2.32. The van der Waals surface area contributed by atoms with Crippen molar-refractivity contribution in [2.24, 2.45) is 0 Å². The average Bonchev–Trinajstić information content (AvgIpc) is 2.98. The van der Waals surface area contributed by atoms with Crippen molar-refractivity contribution in [2.45, 2.75) is 102 Å². The predicted molar refractivity (Wildman–Crippen MR) is 103 cm³/mol. The van der Waals surface area contributed by atoms with Crippen LogP contribution in [0.4, 0.5) is 4.79 Å². The summed E-state index contributed by atoms with van der Waals surface area (Å²) in [6.45, 7) is 7.58. The molecule has 8 heteroatoms. The minimum Gasteiger partial charge on any atom is -0.464 e. The fourth-order valence-electron chi connectivity index (χ4n) is 3.77. The number of unbranched alkanes of at least 4 members (excludes halogenated alkanes) is 1. The number of esters is 1. The lowest BCUT2D eigenvalue weighted by atomic mass is 9.96. The number of amides is 2. The fraction of sp³-hybridized carbons (Fsp3) is 0.850. The number of hydrogen-bond acceptors (Lipinski definition) is 6. The Balaban J connectivity index is 2.13. The van der Waals surface area contributed by atoms with Crippen LogP contribution in [-0.4, -0.2) is 64.4 Å². The van der Waals surface area contributed by atoms with Gasteiger partial charge < -0.3 is 24.8 Å². The zero-order chi connectivity index (χ0) is 20.9. The summed E-state index contributed by atoms with van der Waals surface area (Å²) in [7, 11) is 0. The van der Waals surface area contributed by atoms with Gasteiger partial charge in [-0.2, -0.15) is 0 Å². The molecule has 0 unspecified atom stereocenters. The fourth-order valence-corrected chi connectivity index (χ4v) is 3.77. The lowest BCUT2D eigenvalue weighted by Gasteiger charge is -2.36. The molecule has 160 valence electrons. The van der Waals surface area contributed by atoms with Crippen LogP contribution < -0.4 is 5.32 Å². The SMILES string of the molecule is CCCCOC(=O)[C@@H]1CC[C@@H]2C[C@@H](O)CC[C@H](NC(=O)OC(C)(C)C)C(=O)N21. The Morgan fingerprint density at radius 1 is 1.21 bits per heavy atom. The Labute approximate surface area is 166 Å². The number of fused-ring (bicyclic) bond motifs is 1. The van der Waals surface area contributed by atoms with Gasteiger partial charge in [-0.3, -0.25) is 4.79 Å². The van der Waals surface area contributed by atoms with Crippen molar-refractivity contribution in [3.63, 3.8) is 0 Å². The van der Waals surface area contributed by atoms with Gasteiger partial charge >= 0.3 is 12.1 Å². The highest BCUT2D eigenvalue weighted by molar-refractivity contribution is 5.90. The Kier molecular flexibility index (Phi) is 7.69. The first kappa shape index (κ1) is 22.5. The molecule has 0 aliphatic carbocycles. The van der Waals surface area contributed by atoms with E-state index in [1.807, 2.05) is 6.92 Å². The molecule has 8 nitrogen and oxygen atoms in total. The van der Waals surface area contributed by atoms with E-state index >= 15 is 0 Å². The molecule has 2 aliphatic rings. The number of aliphatic hydroxyl groups is 1. The number of alkyl carbamates (subject to hydrolysis) is 1. The Bertz CT molecular complexity index is 574. The zero-order valence-corrected chi connectivity index (χ0v) is 17.4. The lowest BCUT2D eigenvalue weighted by Crippen LogP contribution is -2.56. The molecule has 0 aromatic heterocycles. The van der Waals surface area contributed by atoms with Crippen LogP contribution in [0.3, 0.4) is 0 Å². The molecule has 28 heavy (non-hydrogen) atoms. The predicted octanol–water partition coefficient (Wildman–Crippen LogP) is 2.13. The molecule has 2 N–H and O–H groups in total. The minimum atomic E-state index is -0.837. The second kappa shape index (κ2) is 9.58. The summed E-state index contributed by atoms with van der Waals surface area (Å²) in [5.41, 5.74) is -0.684. The molecule has 4 atom stereocenters. The van der Waals surface area contributed by atoms with Crippen molar-refractivity contribution in [2.75, 3.05) is 6.61 Å². The van der Waals surface area contributed by atoms with Crippen LogP contribution in [0.25, 0.3) is 0 Å². The van der Waals surface area contributed by atoms with E-state index in [0.29, 0.717) is 38.7 Å². The Morgan fingerprint density at radius 3 is 2.57 bits per heavy atom. The largest absolute Gasteiger partial charge is 0.464 e. The molecule has 2 rings (SSSR count). The standard InChI is InChI=1S/C20H34N2O6/c1-5-6-11-27-18(25)16-10-7-13-12-14(23)8-9-15(17(24)22(13)16)21-19(26)28-20(2,3)4/h13-16,23H,5-12H2,1-4H3,(H,21,26)/t13-,14+,15+,16+/m1/s1. The second-order valence-electron chi connectivity index (χ2n) is 8.68. The zero-order valence-electron chi connectivity index (χ0n) is 17.4. The third-order valence-corrected chi connectivity index (χ3v) is 5.09. The number of carbonyl (C=O) groups is 3. The topological polar surface area (TPSA) is 105 Å². The average molecular weight is 399 g/mol. The van der Waals surface area contributed by atoms with Gasteiger partial charge in [0.05, 0.1) is 12.7 Å². The molecule has 0 radical (unpaired) electrons. The van der Waals surface area contributed by atoms with Crippen molar-refractivity contribution in [3.8, 4) is 0 Å². The molecule has 0 saturated carbocycles. The van der Waals surface area contributed by atoms with Gasteiger partial charge in [0.2, 0.25) is 5.91 Å². The highest BCUT2D eigenvalue weighted by Gasteiger charge is 2.46. The molecule has 0 aromatic carbocycles. The van der Waals surface area contributed by atoms with E-state index in [4.69, 9.17) is 9.47 Å². The smallest absolute Gasteiger partial charge is 0.408 e. The van der Waals surface area contributed by atoms with E-state index in [0.717, 1.165) is 12.8 Å². The Hall–Kier alpha value is -1.83. The van der Waals surface area contributed by atoms with Gasteiger partial charge in [0.25, 0.3) is 0 Å². The van der Waals surface area contributed by atoms with Crippen LogP contribution in [0.2, 0.25) is 0 Å². The first-order chi connectivity index (χ1) is 13.1.